The van der Waals surface area contributed by atoms with E-state index in [1.54, 1.807) is 66.7 Å². The first kappa shape index (κ1) is 24.6. The molecular formula is C25H21ClN4O6. The number of para-hydroxylation sites is 1. The van der Waals surface area contributed by atoms with Gasteiger partial charge in [-0.15, -0.1) is 0 Å². The molecule has 0 spiro atoms. The first-order chi connectivity index (χ1) is 17.5. The molecule has 4 rings (SSSR count). The lowest BCUT2D eigenvalue weighted by atomic mass is 10.2. The number of carbonyl (C=O) groups is 3. The number of carbonyl (C=O) groups excluding carboxylic acids is 3. The highest BCUT2D eigenvalue weighted by molar-refractivity contribution is 6.35. The molecule has 11 heteroatoms. The number of fused-ring (bicyclic) bond motifs is 1. The van der Waals surface area contributed by atoms with Crippen LogP contribution < -0.4 is 30.3 Å². The van der Waals surface area contributed by atoms with E-state index in [1.165, 1.54) is 6.21 Å². The number of ether oxygens (including phenoxy) is 3. The minimum Gasteiger partial charge on any atom is -0.484 e. The summed E-state index contributed by atoms with van der Waals surface area (Å²) in [6.07, 6.45) is 1.37. The first-order valence-electron chi connectivity index (χ1n) is 10.7. The van der Waals surface area contributed by atoms with E-state index in [4.69, 9.17) is 25.8 Å². The van der Waals surface area contributed by atoms with Gasteiger partial charge < -0.3 is 24.8 Å². The lowest BCUT2D eigenvalue weighted by Gasteiger charge is -2.08. The van der Waals surface area contributed by atoms with Gasteiger partial charge in [-0.1, -0.05) is 29.8 Å². The molecule has 1 aliphatic rings. The van der Waals surface area contributed by atoms with Crippen LogP contribution in [-0.2, 0) is 20.9 Å². The monoisotopic (exact) mass is 508 g/mol. The van der Waals surface area contributed by atoms with Crippen molar-refractivity contribution in [1.82, 2.24) is 10.7 Å². The predicted molar refractivity (Wildman–Crippen MR) is 132 cm³/mol. The Bertz CT molecular complexity index is 1300. The fourth-order valence-electron chi connectivity index (χ4n) is 3.08. The summed E-state index contributed by atoms with van der Waals surface area (Å²) in [6, 6.07) is 18.8. The molecule has 0 aromatic heterocycles. The molecule has 184 valence electrons. The zero-order valence-electron chi connectivity index (χ0n) is 18.8. The molecule has 0 saturated carbocycles. The van der Waals surface area contributed by atoms with Gasteiger partial charge in [-0.25, -0.2) is 5.43 Å². The summed E-state index contributed by atoms with van der Waals surface area (Å²) in [5.41, 5.74) is 4.07. The van der Waals surface area contributed by atoms with Crippen LogP contribution in [0.25, 0.3) is 0 Å². The number of hydrogen-bond acceptors (Lipinski definition) is 7. The number of benzene rings is 3. The van der Waals surface area contributed by atoms with Crippen molar-refractivity contribution in [3.63, 3.8) is 0 Å². The van der Waals surface area contributed by atoms with Crippen LogP contribution in [0.5, 0.6) is 17.2 Å². The van der Waals surface area contributed by atoms with Crippen LogP contribution in [-0.4, -0.2) is 37.3 Å². The van der Waals surface area contributed by atoms with Crippen molar-refractivity contribution in [2.75, 3.05) is 18.7 Å². The van der Waals surface area contributed by atoms with Crippen molar-refractivity contribution in [3.8, 4) is 17.2 Å². The number of anilines is 1. The fourth-order valence-corrected chi connectivity index (χ4v) is 3.26. The third-order valence-corrected chi connectivity index (χ3v) is 5.20. The van der Waals surface area contributed by atoms with Gasteiger partial charge in [0.25, 0.3) is 5.91 Å². The molecule has 0 bridgehead atoms. The largest absolute Gasteiger partial charge is 0.484 e. The normalized spacial score (nSPS) is 11.7. The average Bonchev–Trinajstić information content (AvgIpc) is 3.36. The topological polar surface area (TPSA) is 127 Å². The highest BCUT2D eigenvalue weighted by Crippen LogP contribution is 2.32. The van der Waals surface area contributed by atoms with Gasteiger partial charge in [-0.2, -0.15) is 5.10 Å². The SMILES string of the molecule is O=C(COc1ccc(/C=N\NC(=O)C(=O)NCc2ccc3c(c2)OCO3)cc1)Nc1ccccc1Cl. The molecule has 1 heterocycles. The molecule has 3 N–H and O–H groups in total. The minimum atomic E-state index is -0.906. The van der Waals surface area contributed by atoms with Gasteiger partial charge >= 0.3 is 11.8 Å². The summed E-state index contributed by atoms with van der Waals surface area (Å²) in [5, 5.41) is 9.40. The van der Waals surface area contributed by atoms with E-state index >= 15 is 0 Å². The van der Waals surface area contributed by atoms with Crippen LogP contribution in [0.3, 0.4) is 0 Å². The summed E-state index contributed by atoms with van der Waals surface area (Å²) in [7, 11) is 0. The second-order valence-electron chi connectivity index (χ2n) is 7.46. The summed E-state index contributed by atoms with van der Waals surface area (Å²) < 4.78 is 16.0. The maximum Gasteiger partial charge on any atom is 0.329 e. The Kier molecular flexibility index (Phi) is 7.99. The lowest BCUT2D eigenvalue weighted by Crippen LogP contribution is -2.37. The molecule has 0 radical (unpaired) electrons. The zero-order valence-corrected chi connectivity index (χ0v) is 19.6. The van der Waals surface area contributed by atoms with E-state index in [1.807, 2.05) is 0 Å². The van der Waals surface area contributed by atoms with Gasteiger partial charge in [0.1, 0.15) is 5.75 Å². The lowest BCUT2D eigenvalue weighted by molar-refractivity contribution is -0.139. The molecule has 0 fully saturated rings. The van der Waals surface area contributed by atoms with Gasteiger partial charge in [-0.05, 0) is 59.7 Å². The highest BCUT2D eigenvalue weighted by atomic mass is 35.5. The highest BCUT2D eigenvalue weighted by Gasteiger charge is 2.15. The molecule has 3 aromatic rings. The van der Waals surface area contributed by atoms with E-state index in [0.29, 0.717) is 33.5 Å². The predicted octanol–water partition coefficient (Wildman–Crippen LogP) is 2.85. The van der Waals surface area contributed by atoms with Crippen LogP contribution in [0, 0.1) is 0 Å². The van der Waals surface area contributed by atoms with E-state index in [2.05, 4.69) is 21.2 Å². The molecule has 0 saturated heterocycles. The second kappa shape index (κ2) is 11.7. The number of rotatable bonds is 8. The van der Waals surface area contributed by atoms with Crippen LogP contribution in [0.15, 0.2) is 71.8 Å². The third kappa shape index (κ3) is 6.73. The van der Waals surface area contributed by atoms with Gasteiger partial charge in [0, 0.05) is 6.54 Å². The quantitative estimate of drug-likeness (QED) is 0.244. The Hall–Kier alpha value is -4.57. The standard InChI is InChI=1S/C25H21ClN4O6/c26-19-3-1-2-4-20(19)29-23(31)14-34-18-8-5-16(6-9-18)13-28-30-25(33)24(32)27-12-17-7-10-21-22(11-17)36-15-35-21/h1-11,13H,12,14-15H2,(H,27,32)(H,29,31)(H,30,33)/b28-13-. The molecule has 1 aliphatic heterocycles. The minimum absolute atomic E-state index is 0.143. The second-order valence-corrected chi connectivity index (χ2v) is 7.86. The number of hydrogen-bond donors (Lipinski definition) is 3. The van der Waals surface area contributed by atoms with E-state index in [9.17, 15) is 14.4 Å². The molecule has 10 nitrogen and oxygen atoms in total. The number of nitrogens with one attached hydrogen (secondary N) is 3. The van der Waals surface area contributed by atoms with Crippen molar-refractivity contribution in [2.24, 2.45) is 5.10 Å². The molecular weight excluding hydrogens is 488 g/mol. The van der Waals surface area contributed by atoms with Crippen molar-refractivity contribution < 1.29 is 28.6 Å². The maximum atomic E-state index is 12.0. The molecule has 3 aromatic carbocycles. The van der Waals surface area contributed by atoms with Crippen molar-refractivity contribution >= 4 is 41.2 Å². The van der Waals surface area contributed by atoms with E-state index in [0.717, 1.165) is 5.56 Å². The molecule has 3 amide bonds. The number of halogens is 1. The van der Waals surface area contributed by atoms with E-state index < -0.39 is 11.8 Å². The Morgan fingerprint density at radius 3 is 2.56 bits per heavy atom. The van der Waals surface area contributed by atoms with Crippen LogP contribution in [0.2, 0.25) is 5.02 Å². The van der Waals surface area contributed by atoms with E-state index in [-0.39, 0.29) is 25.9 Å². The Balaban J connectivity index is 1.18. The van der Waals surface area contributed by atoms with Crippen LogP contribution in [0.1, 0.15) is 11.1 Å². The number of amides is 3. The smallest absolute Gasteiger partial charge is 0.329 e. The molecule has 36 heavy (non-hydrogen) atoms. The third-order valence-electron chi connectivity index (χ3n) is 4.87. The van der Waals surface area contributed by atoms with Crippen molar-refractivity contribution in [2.45, 2.75) is 6.54 Å². The maximum absolute atomic E-state index is 12.0. The molecule has 0 unspecified atom stereocenters. The van der Waals surface area contributed by atoms with Gasteiger partial charge in [0.05, 0.1) is 16.9 Å². The molecule has 0 aliphatic carbocycles. The first-order valence-corrected chi connectivity index (χ1v) is 11.1. The Morgan fingerprint density at radius 1 is 0.972 bits per heavy atom. The van der Waals surface area contributed by atoms with Crippen LogP contribution >= 0.6 is 11.6 Å². The van der Waals surface area contributed by atoms with Crippen molar-refractivity contribution in [1.29, 1.82) is 0 Å². The molecule has 0 atom stereocenters. The summed E-state index contributed by atoms with van der Waals surface area (Å²) in [4.78, 5) is 36.0. The van der Waals surface area contributed by atoms with Crippen molar-refractivity contribution in [3.05, 3.63) is 82.9 Å². The van der Waals surface area contributed by atoms with Crippen LogP contribution in [0.4, 0.5) is 5.69 Å². The van der Waals surface area contributed by atoms with Gasteiger partial charge in [0.2, 0.25) is 6.79 Å². The summed E-state index contributed by atoms with van der Waals surface area (Å²) >= 11 is 6.01. The van der Waals surface area contributed by atoms with Gasteiger partial charge in [0.15, 0.2) is 18.1 Å². The Labute approximate surface area is 211 Å². The summed E-state index contributed by atoms with van der Waals surface area (Å²) in [6.45, 7) is 0.101. The average molecular weight is 509 g/mol. The summed E-state index contributed by atoms with van der Waals surface area (Å²) in [5.74, 6) is -0.398. The zero-order chi connectivity index (χ0) is 25.3. The number of nitrogens with zero attached hydrogens (tertiary/aromatic N) is 1. The van der Waals surface area contributed by atoms with Gasteiger partial charge in [-0.3, -0.25) is 14.4 Å². The fraction of sp³-hybridized carbons (Fsp3) is 0.120. The Morgan fingerprint density at radius 2 is 1.75 bits per heavy atom. The number of hydrazone groups is 1.